The van der Waals surface area contributed by atoms with E-state index < -0.39 is 0 Å². The molecule has 1 unspecified atom stereocenters. The number of carbonyl (C=O) groups is 2. The number of unbranched alkanes of at least 4 members (excludes halogenated alkanes) is 1. The Kier molecular flexibility index (Phi) is 12.1. The van der Waals surface area contributed by atoms with E-state index in [-0.39, 0.29) is 24.3 Å². The molecule has 6 nitrogen and oxygen atoms in total. The number of carbonyl (C=O) groups excluding carboxylic acids is 2. The second-order valence-corrected chi connectivity index (χ2v) is 4.88. The molecule has 20 heavy (non-hydrogen) atoms. The molecule has 0 aromatic rings. The molecule has 0 heterocycles. The molecule has 0 spiro atoms. The average molecular weight is 288 g/mol. The van der Waals surface area contributed by atoms with Crippen molar-refractivity contribution < 1.29 is 19.4 Å². The molecule has 118 valence electrons. The van der Waals surface area contributed by atoms with E-state index in [0.717, 1.165) is 19.3 Å². The predicted molar refractivity (Wildman–Crippen MR) is 77.2 cm³/mol. The van der Waals surface area contributed by atoms with Crippen molar-refractivity contribution in [3.63, 3.8) is 0 Å². The van der Waals surface area contributed by atoms with Crippen LogP contribution < -0.4 is 10.6 Å². The molecule has 0 bridgehead atoms. The first-order valence-electron chi connectivity index (χ1n) is 7.21. The Morgan fingerprint density at radius 2 is 1.85 bits per heavy atom. The van der Waals surface area contributed by atoms with Crippen LogP contribution in [-0.4, -0.2) is 50.8 Å². The third-order valence-corrected chi connectivity index (χ3v) is 3.11. The fourth-order valence-corrected chi connectivity index (χ4v) is 1.87. The Hall–Kier alpha value is -1.14. The normalized spacial score (nSPS) is 11.9. The van der Waals surface area contributed by atoms with E-state index in [2.05, 4.69) is 10.6 Å². The zero-order valence-corrected chi connectivity index (χ0v) is 12.6. The SMILES string of the molecule is CNC(=O)CCCC(=O)NCCCCC(CO)COC. The van der Waals surface area contributed by atoms with Gasteiger partial charge in [-0.3, -0.25) is 9.59 Å². The van der Waals surface area contributed by atoms with E-state index in [0.29, 0.717) is 32.4 Å². The minimum atomic E-state index is -0.0361. The highest BCUT2D eigenvalue weighted by atomic mass is 16.5. The van der Waals surface area contributed by atoms with Gasteiger partial charge in [0.25, 0.3) is 0 Å². The fraction of sp³-hybridized carbons (Fsp3) is 0.857. The van der Waals surface area contributed by atoms with Crippen molar-refractivity contribution in [2.45, 2.75) is 38.5 Å². The summed E-state index contributed by atoms with van der Waals surface area (Å²) in [5.41, 5.74) is 0. The van der Waals surface area contributed by atoms with Gasteiger partial charge in [0.15, 0.2) is 0 Å². The minimum Gasteiger partial charge on any atom is -0.396 e. The van der Waals surface area contributed by atoms with E-state index in [1.807, 2.05) is 0 Å². The van der Waals surface area contributed by atoms with Gasteiger partial charge >= 0.3 is 0 Å². The van der Waals surface area contributed by atoms with Crippen LogP contribution in [0, 0.1) is 5.92 Å². The van der Waals surface area contributed by atoms with Crippen molar-refractivity contribution >= 4 is 11.8 Å². The van der Waals surface area contributed by atoms with Crippen LogP contribution in [0.1, 0.15) is 38.5 Å². The number of aliphatic hydroxyl groups excluding tert-OH is 1. The number of ether oxygens (including phenoxy) is 1. The number of hydrogen-bond acceptors (Lipinski definition) is 4. The number of amides is 2. The first kappa shape index (κ1) is 18.9. The van der Waals surface area contributed by atoms with Gasteiger partial charge in [-0.05, 0) is 19.3 Å². The molecular weight excluding hydrogens is 260 g/mol. The Labute approximate surface area is 121 Å². The summed E-state index contributed by atoms with van der Waals surface area (Å²) in [5, 5.41) is 14.4. The van der Waals surface area contributed by atoms with Crippen molar-refractivity contribution in [1.29, 1.82) is 0 Å². The third kappa shape index (κ3) is 10.8. The quantitative estimate of drug-likeness (QED) is 0.455. The average Bonchev–Trinajstić information content (AvgIpc) is 2.45. The maximum atomic E-state index is 11.5. The summed E-state index contributed by atoms with van der Waals surface area (Å²) in [6.45, 7) is 1.35. The molecule has 0 aromatic heterocycles. The summed E-state index contributed by atoms with van der Waals surface area (Å²) in [6.07, 6.45) is 4.09. The number of hydrogen-bond donors (Lipinski definition) is 3. The van der Waals surface area contributed by atoms with Crippen molar-refractivity contribution in [3.05, 3.63) is 0 Å². The summed E-state index contributed by atoms with van der Waals surface area (Å²) in [7, 11) is 3.22. The molecule has 3 N–H and O–H groups in total. The molecule has 0 radical (unpaired) electrons. The van der Waals surface area contributed by atoms with Crippen molar-refractivity contribution in [3.8, 4) is 0 Å². The summed E-state index contributed by atoms with van der Waals surface area (Å²) in [6, 6.07) is 0. The second-order valence-electron chi connectivity index (χ2n) is 4.88. The maximum Gasteiger partial charge on any atom is 0.220 e. The van der Waals surface area contributed by atoms with Crippen LogP contribution in [0.25, 0.3) is 0 Å². The van der Waals surface area contributed by atoms with Crippen LogP contribution in [0.4, 0.5) is 0 Å². The number of aliphatic hydroxyl groups is 1. The molecule has 1 atom stereocenters. The molecule has 0 aliphatic rings. The fourth-order valence-electron chi connectivity index (χ4n) is 1.87. The Morgan fingerprint density at radius 1 is 1.15 bits per heavy atom. The largest absolute Gasteiger partial charge is 0.396 e. The molecule has 0 fully saturated rings. The third-order valence-electron chi connectivity index (χ3n) is 3.11. The Bertz CT molecular complexity index is 272. The second kappa shape index (κ2) is 12.9. The van der Waals surface area contributed by atoms with Gasteiger partial charge in [0.2, 0.25) is 11.8 Å². The highest BCUT2D eigenvalue weighted by molar-refractivity contribution is 5.78. The molecule has 2 amide bonds. The van der Waals surface area contributed by atoms with Crippen LogP contribution in [-0.2, 0) is 14.3 Å². The van der Waals surface area contributed by atoms with Gasteiger partial charge in [-0.15, -0.1) is 0 Å². The van der Waals surface area contributed by atoms with E-state index in [9.17, 15) is 9.59 Å². The van der Waals surface area contributed by atoms with Crippen molar-refractivity contribution in [2.75, 3.05) is 33.9 Å². The number of nitrogens with one attached hydrogen (secondary N) is 2. The van der Waals surface area contributed by atoms with Crippen molar-refractivity contribution in [2.24, 2.45) is 5.92 Å². The summed E-state index contributed by atoms with van der Waals surface area (Å²) in [4.78, 5) is 22.4. The summed E-state index contributed by atoms with van der Waals surface area (Å²) in [5.74, 6) is 0.138. The molecule has 0 aliphatic carbocycles. The van der Waals surface area contributed by atoms with Gasteiger partial charge < -0.3 is 20.5 Å². The lowest BCUT2D eigenvalue weighted by Gasteiger charge is -2.12. The lowest BCUT2D eigenvalue weighted by molar-refractivity contribution is -0.122. The number of methoxy groups -OCH3 is 1. The van der Waals surface area contributed by atoms with Gasteiger partial charge in [-0.2, -0.15) is 0 Å². The first-order chi connectivity index (χ1) is 9.63. The van der Waals surface area contributed by atoms with E-state index in [1.165, 1.54) is 0 Å². The Balaban J connectivity index is 3.45. The molecule has 0 saturated heterocycles. The lowest BCUT2D eigenvalue weighted by Crippen LogP contribution is -2.25. The molecule has 6 heteroatoms. The van der Waals surface area contributed by atoms with Crippen molar-refractivity contribution in [1.82, 2.24) is 10.6 Å². The monoisotopic (exact) mass is 288 g/mol. The highest BCUT2D eigenvalue weighted by Gasteiger charge is 2.07. The van der Waals surface area contributed by atoms with Gasteiger partial charge in [0.1, 0.15) is 0 Å². The van der Waals surface area contributed by atoms with E-state index >= 15 is 0 Å². The van der Waals surface area contributed by atoms with Crippen LogP contribution in [0.15, 0.2) is 0 Å². The van der Waals surface area contributed by atoms with Crippen LogP contribution >= 0.6 is 0 Å². The highest BCUT2D eigenvalue weighted by Crippen LogP contribution is 2.07. The smallest absolute Gasteiger partial charge is 0.220 e. The molecule has 0 aromatic carbocycles. The first-order valence-corrected chi connectivity index (χ1v) is 7.21. The van der Waals surface area contributed by atoms with Crippen LogP contribution in [0.3, 0.4) is 0 Å². The Morgan fingerprint density at radius 3 is 2.45 bits per heavy atom. The van der Waals surface area contributed by atoms with Gasteiger partial charge in [-0.25, -0.2) is 0 Å². The summed E-state index contributed by atoms with van der Waals surface area (Å²) < 4.78 is 5.00. The van der Waals surface area contributed by atoms with E-state index in [1.54, 1.807) is 14.2 Å². The standard InChI is InChI=1S/C14H28N2O4/c1-15-13(18)7-5-8-14(19)16-9-4-3-6-12(10-17)11-20-2/h12,17H,3-11H2,1-2H3,(H,15,18)(H,16,19). The summed E-state index contributed by atoms with van der Waals surface area (Å²) >= 11 is 0. The molecule has 0 aliphatic heterocycles. The lowest BCUT2D eigenvalue weighted by atomic mass is 10.0. The molecule has 0 saturated carbocycles. The van der Waals surface area contributed by atoms with Gasteiger partial charge in [0, 0.05) is 46.1 Å². The molecule has 0 rings (SSSR count). The predicted octanol–water partition coefficient (Wildman–Crippen LogP) is 0.444. The molecular formula is C14H28N2O4. The maximum absolute atomic E-state index is 11.5. The number of rotatable bonds is 12. The topological polar surface area (TPSA) is 87.7 Å². The van der Waals surface area contributed by atoms with Gasteiger partial charge in [0.05, 0.1) is 6.61 Å². The minimum absolute atomic E-state index is 0.00972. The zero-order valence-electron chi connectivity index (χ0n) is 12.6. The van der Waals surface area contributed by atoms with Crippen LogP contribution in [0.2, 0.25) is 0 Å². The van der Waals surface area contributed by atoms with Gasteiger partial charge in [-0.1, -0.05) is 6.42 Å². The van der Waals surface area contributed by atoms with E-state index in [4.69, 9.17) is 9.84 Å². The zero-order chi connectivity index (χ0) is 15.2. The van der Waals surface area contributed by atoms with Crippen LogP contribution in [0.5, 0.6) is 0 Å².